The fourth-order valence-corrected chi connectivity index (χ4v) is 8.41. The van der Waals surface area contributed by atoms with Gasteiger partial charge in [0, 0.05) is 34.2 Å². The van der Waals surface area contributed by atoms with E-state index in [9.17, 15) is 0 Å². The highest BCUT2D eigenvalue weighted by Gasteiger charge is 2.32. The molecule has 2 N–H and O–H groups in total. The molecule has 1 unspecified atom stereocenters. The Labute approximate surface area is 269 Å². The lowest BCUT2D eigenvalue weighted by molar-refractivity contribution is 0.0897. The molecule has 5 rings (SSSR count). The summed E-state index contributed by atoms with van der Waals surface area (Å²) in [6.45, 7) is 7.33. The maximum Gasteiger partial charge on any atom is 0.240 e. The number of rotatable bonds is 11. The van der Waals surface area contributed by atoms with E-state index < -0.39 is 9.04 Å². The first-order valence-electron chi connectivity index (χ1n) is 14.3. The zero-order chi connectivity index (χ0) is 30.2. The molecule has 4 aromatic carbocycles. The van der Waals surface area contributed by atoms with E-state index in [1.807, 2.05) is 36.7 Å². The molecule has 8 heteroatoms. The first-order valence-corrected chi connectivity index (χ1v) is 18.0. The van der Waals surface area contributed by atoms with Gasteiger partial charge in [0.05, 0.1) is 6.10 Å². The molecule has 0 saturated heterocycles. The molecule has 5 aromatic rings. The van der Waals surface area contributed by atoms with Gasteiger partial charge in [-0.2, -0.15) is 0 Å². The maximum absolute atomic E-state index is 7.21. The van der Waals surface area contributed by atoms with Crippen molar-refractivity contribution in [2.45, 2.75) is 38.6 Å². The van der Waals surface area contributed by atoms with Gasteiger partial charge < -0.3 is 15.1 Å². The summed E-state index contributed by atoms with van der Waals surface area (Å²) in [5.74, 6) is 0.783. The number of para-hydroxylation sites is 1. The Bertz CT molecular complexity index is 1590. The van der Waals surface area contributed by atoms with Crippen LogP contribution in [0.25, 0.3) is 0 Å². The van der Waals surface area contributed by atoms with Gasteiger partial charge in [-0.3, -0.25) is 0 Å². The van der Waals surface area contributed by atoms with Gasteiger partial charge in [0.25, 0.3) is 0 Å². The third-order valence-corrected chi connectivity index (χ3v) is 10.9. The van der Waals surface area contributed by atoms with E-state index in [1.165, 1.54) is 22.1 Å². The Kier molecular flexibility index (Phi) is 10.4. The van der Waals surface area contributed by atoms with Crippen molar-refractivity contribution in [3.8, 4) is 0 Å². The standard InChI is InChI=1S/C35H37BrN4OSSi/c1-35(2,3)32(41-43(28-16-7-5-8-17-28)29-18-9-6-10-19-29)25-14-13-15-27(22-25)39-33-26(24-38-34(40-33)42-4)23-37-31-21-12-11-20-30(31)36/h5-22,24,32,37,43H,23H2,1-4H3,(H,38,39,40). The molecule has 0 saturated carbocycles. The van der Waals surface area contributed by atoms with E-state index >= 15 is 0 Å². The second kappa shape index (κ2) is 14.4. The Hall–Kier alpha value is -3.43. The molecule has 0 spiro atoms. The molecule has 0 aliphatic rings. The summed E-state index contributed by atoms with van der Waals surface area (Å²) < 4.78 is 8.22. The second-order valence-corrected chi connectivity index (χ2v) is 15.4. The monoisotopic (exact) mass is 668 g/mol. The summed E-state index contributed by atoms with van der Waals surface area (Å²) in [6, 6.07) is 38.0. The molecule has 0 aliphatic carbocycles. The van der Waals surface area contributed by atoms with E-state index in [-0.39, 0.29) is 11.5 Å². The van der Waals surface area contributed by atoms with Crippen molar-refractivity contribution in [2.75, 3.05) is 16.9 Å². The van der Waals surface area contributed by atoms with Crippen molar-refractivity contribution < 1.29 is 4.43 Å². The SMILES string of the molecule is CSc1ncc(CNc2ccccc2Br)c(Nc2cccc(C(O[SiH](c3ccccc3)c3ccccc3)C(C)(C)C)c2)n1. The summed E-state index contributed by atoms with van der Waals surface area (Å²) >= 11 is 5.15. The molecule has 0 amide bonds. The van der Waals surface area contributed by atoms with Crippen LogP contribution >= 0.6 is 27.7 Å². The van der Waals surface area contributed by atoms with Crippen molar-refractivity contribution in [1.29, 1.82) is 0 Å². The first kappa shape index (κ1) is 31.0. The largest absolute Gasteiger partial charge is 0.403 e. The van der Waals surface area contributed by atoms with E-state index in [4.69, 9.17) is 9.41 Å². The third kappa shape index (κ3) is 8.15. The molecular formula is C35H37BrN4OSSi. The molecule has 220 valence electrons. The maximum atomic E-state index is 7.21. The van der Waals surface area contributed by atoms with Crippen molar-refractivity contribution in [3.63, 3.8) is 0 Å². The van der Waals surface area contributed by atoms with Gasteiger partial charge in [0.2, 0.25) is 9.04 Å². The Balaban J connectivity index is 1.44. The zero-order valence-corrected chi connectivity index (χ0v) is 28.5. The molecular weight excluding hydrogens is 632 g/mol. The van der Waals surface area contributed by atoms with Crippen LogP contribution in [0.1, 0.15) is 38.0 Å². The predicted molar refractivity (Wildman–Crippen MR) is 188 cm³/mol. The fraction of sp³-hybridized carbons (Fsp3) is 0.200. The van der Waals surface area contributed by atoms with E-state index in [2.05, 4.69) is 137 Å². The molecule has 0 radical (unpaired) electrons. The molecule has 5 nitrogen and oxygen atoms in total. The van der Waals surface area contributed by atoms with Crippen LogP contribution < -0.4 is 21.0 Å². The molecule has 1 aromatic heterocycles. The first-order chi connectivity index (χ1) is 20.8. The molecule has 0 fully saturated rings. The minimum Gasteiger partial charge on any atom is -0.403 e. The highest BCUT2D eigenvalue weighted by atomic mass is 79.9. The summed E-state index contributed by atoms with van der Waals surface area (Å²) in [7, 11) is -1.98. The number of nitrogens with zero attached hydrogens (tertiary/aromatic N) is 2. The molecule has 43 heavy (non-hydrogen) atoms. The lowest BCUT2D eigenvalue weighted by Gasteiger charge is -2.35. The predicted octanol–water partition coefficient (Wildman–Crippen LogP) is 7.96. The number of anilines is 3. The van der Waals surface area contributed by atoms with E-state index in [0.717, 1.165) is 37.9 Å². The van der Waals surface area contributed by atoms with Gasteiger partial charge in [-0.05, 0) is 67.8 Å². The van der Waals surface area contributed by atoms with E-state index in [1.54, 1.807) is 0 Å². The number of aromatic nitrogens is 2. The third-order valence-electron chi connectivity index (χ3n) is 7.08. The summed E-state index contributed by atoms with van der Waals surface area (Å²) in [5, 5.41) is 10.4. The summed E-state index contributed by atoms with van der Waals surface area (Å²) in [4.78, 5) is 9.38. The molecule has 1 heterocycles. The van der Waals surface area contributed by atoms with Crippen LogP contribution in [0.3, 0.4) is 0 Å². The summed E-state index contributed by atoms with van der Waals surface area (Å²) in [6.07, 6.45) is 3.77. The van der Waals surface area contributed by atoms with Crippen molar-refractivity contribution >= 4 is 64.3 Å². The number of hydrogen-bond donors (Lipinski definition) is 2. The number of halogens is 1. The van der Waals surface area contributed by atoms with Crippen LogP contribution in [0.5, 0.6) is 0 Å². The average Bonchev–Trinajstić information content (AvgIpc) is 3.02. The van der Waals surface area contributed by atoms with Gasteiger partial charge in [0.15, 0.2) is 5.16 Å². The highest BCUT2D eigenvalue weighted by molar-refractivity contribution is 9.10. The Morgan fingerprint density at radius 1 is 0.860 bits per heavy atom. The average molecular weight is 670 g/mol. The quantitative estimate of drug-likeness (QED) is 0.0846. The second-order valence-electron chi connectivity index (χ2n) is 11.4. The smallest absolute Gasteiger partial charge is 0.240 e. The molecule has 0 aliphatic heterocycles. The fourth-order valence-electron chi connectivity index (χ4n) is 4.96. The Morgan fingerprint density at radius 2 is 1.51 bits per heavy atom. The topological polar surface area (TPSA) is 59.1 Å². The number of nitrogens with one attached hydrogen (secondary N) is 2. The molecule has 1 atom stereocenters. The lowest BCUT2D eigenvalue weighted by atomic mass is 9.85. The van der Waals surface area contributed by atoms with Gasteiger partial charge >= 0.3 is 0 Å². The van der Waals surface area contributed by atoms with Crippen LogP contribution in [-0.4, -0.2) is 25.3 Å². The van der Waals surface area contributed by atoms with Crippen molar-refractivity contribution in [1.82, 2.24) is 9.97 Å². The number of benzene rings is 4. The lowest BCUT2D eigenvalue weighted by Crippen LogP contribution is -2.47. The molecule has 0 bridgehead atoms. The van der Waals surface area contributed by atoms with Gasteiger partial charge in [-0.25, -0.2) is 9.97 Å². The number of hydrogen-bond acceptors (Lipinski definition) is 6. The van der Waals surface area contributed by atoms with Gasteiger partial charge in [-0.15, -0.1) is 0 Å². The van der Waals surface area contributed by atoms with Crippen molar-refractivity contribution in [2.24, 2.45) is 5.41 Å². The van der Waals surface area contributed by atoms with Crippen molar-refractivity contribution in [3.05, 3.63) is 131 Å². The number of thioether (sulfide) groups is 1. The van der Waals surface area contributed by atoms with Gasteiger partial charge in [-0.1, -0.05) is 117 Å². The normalized spacial score (nSPS) is 12.2. The van der Waals surface area contributed by atoms with Crippen LogP contribution in [0.4, 0.5) is 17.2 Å². The Morgan fingerprint density at radius 3 is 2.14 bits per heavy atom. The van der Waals surface area contributed by atoms with Crippen LogP contribution in [0.15, 0.2) is 125 Å². The highest BCUT2D eigenvalue weighted by Crippen LogP contribution is 2.38. The van der Waals surface area contributed by atoms with E-state index in [0.29, 0.717) is 6.54 Å². The summed E-state index contributed by atoms with van der Waals surface area (Å²) in [5.41, 5.74) is 3.95. The van der Waals surface area contributed by atoms with Gasteiger partial charge in [0.1, 0.15) is 5.82 Å². The minimum absolute atomic E-state index is 0.116. The zero-order valence-electron chi connectivity index (χ0n) is 24.9. The van der Waals surface area contributed by atoms with Crippen LogP contribution in [-0.2, 0) is 11.0 Å². The minimum atomic E-state index is -1.98. The van der Waals surface area contributed by atoms with Crippen LogP contribution in [0, 0.1) is 5.41 Å². The van der Waals surface area contributed by atoms with Crippen LogP contribution in [0.2, 0.25) is 0 Å².